The smallest absolute Gasteiger partial charge is 0.222 e. The summed E-state index contributed by atoms with van der Waals surface area (Å²) in [6.07, 6.45) is 1.49. The quantitative estimate of drug-likeness (QED) is 0.262. The van der Waals surface area contributed by atoms with Crippen LogP contribution in [-0.4, -0.2) is 50.8 Å². The van der Waals surface area contributed by atoms with Gasteiger partial charge in [-0.3, -0.25) is 9.79 Å². The van der Waals surface area contributed by atoms with E-state index in [-0.39, 0.29) is 41.2 Å². The lowest BCUT2D eigenvalue weighted by molar-refractivity contribution is -0.123. The molecule has 2 fully saturated rings. The highest BCUT2D eigenvalue weighted by atomic mass is 127. The lowest BCUT2D eigenvalue weighted by Gasteiger charge is -2.54. The first-order valence-electron chi connectivity index (χ1n) is 8.24. The molecule has 1 aliphatic heterocycles. The van der Waals surface area contributed by atoms with Crippen molar-refractivity contribution in [2.75, 3.05) is 26.7 Å². The Hall–Kier alpha value is -0.570. The Morgan fingerprint density at radius 3 is 2.57 bits per heavy atom. The van der Waals surface area contributed by atoms with Crippen molar-refractivity contribution in [3.05, 3.63) is 0 Å². The van der Waals surface area contributed by atoms with Crippen molar-refractivity contribution in [2.45, 2.75) is 46.3 Å². The molecule has 134 valence electrons. The normalized spacial score (nSPS) is 28.4. The fourth-order valence-electron chi connectivity index (χ4n) is 3.53. The van der Waals surface area contributed by atoms with Gasteiger partial charge in [-0.05, 0) is 6.42 Å². The van der Waals surface area contributed by atoms with Crippen molar-refractivity contribution in [3.8, 4) is 0 Å². The Morgan fingerprint density at radius 1 is 1.30 bits per heavy atom. The number of aliphatic imine (C=N–C) groups is 1. The SMILES string of the molecule is CN=C(NCCNC(=O)C(C)C)NC1C2CCOC2C1(C)C.I. The zero-order valence-electron chi connectivity index (χ0n) is 14.8. The molecule has 3 atom stereocenters. The molecule has 1 saturated heterocycles. The van der Waals surface area contributed by atoms with E-state index in [1.165, 1.54) is 0 Å². The zero-order chi connectivity index (χ0) is 16.3. The number of nitrogens with one attached hydrogen (secondary N) is 3. The fourth-order valence-corrected chi connectivity index (χ4v) is 3.53. The van der Waals surface area contributed by atoms with Gasteiger partial charge in [-0.15, -0.1) is 24.0 Å². The van der Waals surface area contributed by atoms with E-state index < -0.39 is 0 Å². The van der Waals surface area contributed by atoms with E-state index in [0.717, 1.165) is 19.0 Å². The number of fused-ring (bicyclic) bond motifs is 1. The Bertz CT molecular complexity index is 440. The molecule has 0 aromatic carbocycles. The van der Waals surface area contributed by atoms with E-state index in [9.17, 15) is 4.79 Å². The Labute approximate surface area is 156 Å². The summed E-state index contributed by atoms with van der Waals surface area (Å²) in [5.41, 5.74) is 0.130. The minimum absolute atomic E-state index is 0. The maximum absolute atomic E-state index is 11.5. The lowest BCUT2D eigenvalue weighted by atomic mass is 9.57. The first-order valence-corrected chi connectivity index (χ1v) is 8.24. The molecule has 0 aromatic heterocycles. The molecule has 23 heavy (non-hydrogen) atoms. The molecule has 6 nitrogen and oxygen atoms in total. The number of nitrogens with zero attached hydrogens (tertiary/aromatic N) is 1. The largest absolute Gasteiger partial charge is 0.377 e. The molecule has 3 N–H and O–H groups in total. The van der Waals surface area contributed by atoms with E-state index in [1.807, 2.05) is 13.8 Å². The van der Waals surface area contributed by atoms with Gasteiger partial charge in [0.1, 0.15) is 0 Å². The first-order chi connectivity index (χ1) is 10.4. The van der Waals surface area contributed by atoms with E-state index in [4.69, 9.17) is 4.74 Å². The Kier molecular flexibility index (Phi) is 7.57. The molecule has 2 rings (SSSR count). The maximum Gasteiger partial charge on any atom is 0.222 e. The van der Waals surface area contributed by atoms with Crippen molar-refractivity contribution in [1.29, 1.82) is 0 Å². The molecular weight excluding hydrogens is 407 g/mol. The standard InChI is InChI=1S/C16H30N4O2.HI/c1-10(2)14(21)18-7-8-19-15(17-5)20-12-11-6-9-22-13(11)16(12,3)4;/h10-13H,6-9H2,1-5H3,(H,18,21)(H2,17,19,20);1H. The Balaban J connectivity index is 0.00000264. The molecule has 1 amide bonds. The highest BCUT2D eigenvalue weighted by Gasteiger charge is 2.59. The summed E-state index contributed by atoms with van der Waals surface area (Å²) in [5.74, 6) is 1.47. The van der Waals surface area contributed by atoms with Crippen LogP contribution in [0.3, 0.4) is 0 Å². The van der Waals surface area contributed by atoms with Gasteiger partial charge in [-0.25, -0.2) is 0 Å². The predicted molar refractivity (Wildman–Crippen MR) is 103 cm³/mol. The molecule has 1 saturated carbocycles. The zero-order valence-corrected chi connectivity index (χ0v) is 17.1. The number of carbonyl (C=O) groups excluding carboxylic acids is 1. The van der Waals surface area contributed by atoms with Crippen LogP contribution < -0.4 is 16.0 Å². The minimum atomic E-state index is 0. The summed E-state index contributed by atoms with van der Waals surface area (Å²) in [4.78, 5) is 15.8. The van der Waals surface area contributed by atoms with Crippen LogP contribution in [0.4, 0.5) is 0 Å². The number of halogens is 1. The van der Waals surface area contributed by atoms with E-state index in [2.05, 4.69) is 34.8 Å². The van der Waals surface area contributed by atoms with Gasteiger partial charge in [0.25, 0.3) is 0 Å². The van der Waals surface area contributed by atoms with Gasteiger partial charge in [0.2, 0.25) is 5.91 Å². The second-order valence-corrected chi connectivity index (χ2v) is 7.13. The van der Waals surface area contributed by atoms with Crippen molar-refractivity contribution >= 4 is 35.8 Å². The summed E-state index contributed by atoms with van der Waals surface area (Å²) < 4.78 is 5.81. The minimum Gasteiger partial charge on any atom is -0.377 e. The third-order valence-corrected chi connectivity index (χ3v) is 4.86. The van der Waals surface area contributed by atoms with Crippen molar-refractivity contribution in [1.82, 2.24) is 16.0 Å². The number of amides is 1. The second kappa shape index (κ2) is 8.50. The number of ether oxygens (including phenoxy) is 1. The third kappa shape index (κ3) is 4.49. The van der Waals surface area contributed by atoms with Crippen LogP contribution in [0.25, 0.3) is 0 Å². The van der Waals surface area contributed by atoms with Gasteiger partial charge in [0.05, 0.1) is 6.10 Å². The van der Waals surface area contributed by atoms with E-state index in [0.29, 0.717) is 31.2 Å². The van der Waals surface area contributed by atoms with Crippen molar-refractivity contribution in [2.24, 2.45) is 22.2 Å². The van der Waals surface area contributed by atoms with Gasteiger partial charge in [-0.1, -0.05) is 27.7 Å². The second-order valence-electron chi connectivity index (χ2n) is 7.13. The number of hydrogen-bond acceptors (Lipinski definition) is 3. The predicted octanol–water partition coefficient (Wildman–Crippen LogP) is 1.36. The van der Waals surface area contributed by atoms with Crippen molar-refractivity contribution in [3.63, 3.8) is 0 Å². The molecule has 0 spiro atoms. The highest BCUT2D eigenvalue weighted by Crippen LogP contribution is 2.51. The van der Waals surface area contributed by atoms with Gasteiger partial charge in [0, 0.05) is 50.0 Å². The molecule has 0 bridgehead atoms. The van der Waals surface area contributed by atoms with Crippen LogP contribution in [-0.2, 0) is 9.53 Å². The summed E-state index contributed by atoms with van der Waals surface area (Å²) in [5, 5.41) is 9.68. The number of guanidine groups is 1. The molecule has 0 radical (unpaired) electrons. The van der Waals surface area contributed by atoms with Crippen LogP contribution in [0.5, 0.6) is 0 Å². The first kappa shape index (κ1) is 20.5. The van der Waals surface area contributed by atoms with Crippen LogP contribution in [0.2, 0.25) is 0 Å². The molecule has 1 aliphatic carbocycles. The van der Waals surface area contributed by atoms with Gasteiger partial charge in [-0.2, -0.15) is 0 Å². The van der Waals surface area contributed by atoms with Gasteiger partial charge < -0.3 is 20.7 Å². The molecule has 0 aromatic rings. The van der Waals surface area contributed by atoms with Gasteiger partial charge in [0.15, 0.2) is 5.96 Å². The summed E-state index contributed by atoms with van der Waals surface area (Å²) >= 11 is 0. The molecular formula is C16H31IN4O2. The average Bonchev–Trinajstić information content (AvgIpc) is 2.92. The Morgan fingerprint density at radius 2 is 1.96 bits per heavy atom. The summed E-state index contributed by atoms with van der Waals surface area (Å²) in [6.45, 7) is 10.4. The molecule has 3 unspecified atom stereocenters. The van der Waals surface area contributed by atoms with E-state index >= 15 is 0 Å². The molecule has 7 heteroatoms. The summed E-state index contributed by atoms with van der Waals surface area (Å²) in [7, 11) is 1.77. The number of rotatable bonds is 5. The lowest BCUT2D eigenvalue weighted by Crippen LogP contribution is -2.68. The topological polar surface area (TPSA) is 74.8 Å². The molecule has 2 aliphatic rings. The number of carbonyl (C=O) groups is 1. The van der Waals surface area contributed by atoms with Crippen LogP contribution in [0, 0.1) is 17.3 Å². The number of hydrogen-bond donors (Lipinski definition) is 3. The van der Waals surface area contributed by atoms with Crippen LogP contribution in [0.1, 0.15) is 34.1 Å². The van der Waals surface area contributed by atoms with Crippen LogP contribution in [0.15, 0.2) is 4.99 Å². The third-order valence-electron chi connectivity index (χ3n) is 4.86. The maximum atomic E-state index is 11.5. The monoisotopic (exact) mass is 438 g/mol. The van der Waals surface area contributed by atoms with Crippen LogP contribution >= 0.6 is 24.0 Å². The van der Waals surface area contributed by atoms with E-state index in [1.54, 1.807) is 7.05 Å². The highest BCUT2D eigenvalue weighted by molar-refractivity contribution is 14.0. The average molecular weight is 438 g/mol. The van der Waals surface area contributed by atoms with Gasteiger partial charge >= 0.3 is 0 Å². The fraction of sp³-hybridized carbons (Fsp3) is 0.875. The van der Waals surface area contributed by atoms with Crippen molar-refractivity contribution < 1.29 is 9.53 Å². The molecule has 1 heterocycles. The summed E-state index contributed by atoms with van der Waals surface area (Å²) in [6, 6.07) is 0.386.